The number of fused-ring (bicyclic) bond motifs is 2. The van der Waals surface area contributed by atoms with Gasteiger partial charge in [-0.25, -0.2) is 8.42 Å². The molecule has 23 heavy (non-hydrogen) atoms. The maximum atomic E-state index is 12.4. The molecule has 2 atom stereocenters. The molecule has 0 spiro atoms. The molecule has 2 bridgehead atoms. The van der Waals surface area contributed by atoms with Crippen molar-refractivity contribution in [2.24, 2.45) is 0 Å². The van der Waals surface area contributed by atoms with Crippen LogP contribution in [0, 0.1) is 0 Å². The second-order valence-electron chi connectivity index (χ2n) is 7.97. The van der Waals surface area contributed by atoms with Crippen molar-refractivity contribution < 1.29 is 13.5 Å². The van der Waals surface area contributed by atoms with E-state index >= 15 is 0 Å². The summed E-state index contributed by atoms with van der Waals surface area (Å²) in [6.45, 7) is 8.56. The molecule has 0 radical (unpaired) electrons. The molecule has 3 nitrogen and oxygen atoms in total. The van der Waals surface area contributed by atoms with Crippen molar-refractivity contribution in [1.29, 1.82) is 0 Å². The van der Waals surface area contributed by atoms with Crippen molar-refractivity contribution in [3.8, 4) is 0 Å². The maximum Gasteiger partial charge on any atom is 0.156 e. The Bertz CT molecular complexity index is 657. The lowest BCUT2D eigenvalue weighted by molar-refractivity contribution is 0.0152. The molecule has 2 heterocycles. The van der Waals surface area contributed by atoms with Crippen LogP contribution in [-0.4, -0.2) is 24.0 Å². The first-order valence-electron chi connectivity index (χ1n) is 8.75. The van der Waals surface area contributed by atoms with E-state index < -0.39 is 15.4 Å². The van der Waals surface area contributed by atoms with E-state index in [1.54, 1.807) is 0 Å². The highest BCUT2D eigenvalue weighted by molar-refractivity contribution is 7.93. The summed E-state index contributed by atoms with van der Waals surface area (Å²) in [4.78, 5) is 0. The highest BCUT2D eigenvalue weighted by Crippen LogP contribution is 2.50. The Hall–Kier alpha value is -0.870. The van der Waals surface area contributed by atoms with Gasteiger partial charge < -0.3 is 5.11 Å². The molecule has 4 heteroatoms. The number of benzene rings is 1. The smallest absolute Gasteiger partial charge is 0.156 e. The van der Waals surface area contributed by atoms with Crippen molar-refractivity contribution in [2.45, 2.75) is 81.3 Å². The van der Waals surface area contributed by atoms with Crippen molar-refractivity contribution in [1.82, 2.24) is 0 Å². The summed E-state index contributed by atoms with van der Waals surface area (Å²) in [7, 11) is -3.03. The highest BCUT2D eigenvalue weighted by Gasteiger charge is 2.54. The number of rotatable bonds is 3. The predicted molar refractivity (Wildman–Crippen MR) is 93.5 cm³/mol. The zero-order valence-electron chi connectivity index (χ0n) is 14.5. The largest absolute Gasteiger partial charge is 0.385 e. The molecule has 128 valence electrons. The average Bonchev–Trinajstić information content (AvgIpc) is 2.65. The van der Waals surface area contributed by atoms with Gasteiger partial charge in [-0.15, -0.1) is 0 Å². The first-order valence-corrected chi connectivity index (χ1v) is 10.4. The first kappa shape index (κ1) is 17.0. The molecule has 2 fully saturated rings. The van der Waals surface area contributed by atoms with E-state index in [-0.39, 0.29) is 10.5 Å². The lowest BCUT2D eigenvalue weighted by Crippen LogP contribution is -2.44. The van der Waals surface area contributed by atoms with E-state index in [1.165, 1.54) is 0 Å². The summed E-state index contributed by atoms with van der Waals surface area (Å²) in [5.41, 5.74) is 2.34. The second-order valence-corrected chi connectivity index (χ2v) is 10.5. The van der Waals surface area contributed by atoms with Gasteiger partial charge in [0, 0.05) is 0 Å². The van der Waals surface area contributed by atoms with Crippen LogP contribution in [0.4, 0.5) is 0 Å². The molecular formula is C19H28O3S. The van der Waals surface area contributed by atoms with E-state index in [2.05, 4.69) is 45.9 Å². The zero-order chi connectivity index (χ0) is 17.0. The number of hydrogen-bond donors (Lipinski definition) is 1. The van der Waals surface area contributed by atoms with Crippen molar-refractivity contribution in [3.05, 3.63) is 34.9 Å². The lowest BCUT2D eigenvalue weighted by atomic mass is 9.76. The van der Waals surface area contributed by atoms with Crippen LogP contribution in [0.2, 0.25) is 0 Å². The molecule has 2 aliphatic rings. The minimum Gasteiger partial charge on any atom is -0.385 e. The van der Waals surface area contributed by atoms with Crippen molar-refractivity contribution >= 4 is 9.84 Å². The van der Waals surface area contributed by atoms with E-state index in [4.69, 9.17) is 0 Å². The van der Waals surface area contributed by atoms with Crippen LogP contribution in [0.3, 0.4) is 0 Å². The third-order valence-electron chi connectivity index (χ3n) is 5.71. The topological polar surface area (TPSA) is 54.4 Å². The van der Waals surface area contributed by atoms with Crippen LogP contribution in [0.1, 0.15) is 81.9 Å². The van der Waals surface area contributed by atoms with Crippen LogP contribution in [0.25, 0.3) is 0 Å². The molecule has 1 N–H and O–H groups in total. The number of hydrogen-bond acceptors (Lipinski definition) is 3. The van der Waals surface area contributed by atoms with Gasteiger partial charge in [-0.05, 0) is 54.2 Å². The lowest BCUT2D eigenvalue weighted by Gasteiger charge is -2.40. The Kier molecular flexibility index (Phi) is 4.13. The molecule has 0 saturated carbocycles. The molecular weight excluding hydrogens is 308 g/mol. The summed E-state index contributed by atoms with van der Waals surface area (Å²) in [6.07, 6.45) is 2.12. The molecule has 0 aliphatic carbocycles. The Balaban J connectivity index is 2.15. The first-order chi connectivity index (χ1) is 10.7. The van der Waals surface area contributed by atoms with E-state index in [0.717, 1.165) is 16.7 Å². The summed E-state index contributed by atoms with van der Waals surface area (Å²) < 4.78 is 24.8. The fourth-order valence-corrected chi connectivity index (χ4v) is 7.03. The summed E-state index contributed by atoms with van der Waals surface area (Å²) >= 11 is 0. The molecule has 2 aliphatic heterocycles. The quantitative estimate of drug-likeness (QED) is 0.912. The fraction of sp³-hybridized carbons (Fsp3) is 0.684. The van der Waals surface area contributed by atoms with Crippen LogP contribution < -0.4 is 0 Å². The van der Waals surface area contributed by atoms with Crippen LogP contribution in [-0.2, 0) is 15.4 Å². The fourth-order valence-electron chi connectivity index (χ4n) is 4.54. The normalized spacial score (nSPS) is 32.7. The SMILES string of the molecule is CC(C)c1cccc(C(C)C)c1C1(O)CC2CCC(C1)S2(=O)=O. The van der Waals surface area contributed by atoms with Crippen molar-refractivity contribution in [3.63, 3.8) is 0 Å². The van der Waals surface area contributed by atoms with Gasteiger partial charge in [0.25, 0.3) is 0 Å². The second kappa shape index (κ2) is 5.59. The third kappa shape index (κ3) is 2.64. The van der Waals surface area contributed by atoms with Gasteiger partial charge in [0.1, 0.15) is 0 Å². The molecule has 0 aromatic heterocycles. The molecule has 2 saturated heterocycles. The minimum absolute atomic E-state index is 0.309. The van der Waals surface area contributed by atoms with Gasteiger partial charge in [0.15, 0.2) is 9.84 Å². The Morgan fingerprint density at radius 1 is 1.00 bits per heavy atom. The molecule has 1 aromatic rings. The third-order valence-corrected chi connectivity index (χ3v) is 8.37. The Labute approximate surface area is 140 Å². The van der Waals surface area contributed by atoms with Gasteiger partial charge in [0.2, 0.25) is 0 Å². The molecule has 0 amide bonds. The standard InChI is InChI=1S/C19H28O3S/c1-12(2)16-6-5-7-17(13(3)4)18(16)19(20)10-14-8-9-15(11-19)23(14,21)22/h5-7,12-15,20H,8-11H2,1-4H3. The van der Waals surface area contributed by atoms with E-state index in [1.807, 2.05) is 0 Å². The predicted octanol–water partition coefficient (Wildman–Crippen LogP) is 3.86. The van der Waals surface area contributed by atoms with Gasteiger partial charge in [-0.3, -0.25) is 0 Å². The number of sulfone groups is 1. The van der Waals surface area contributed by atoms with E-state index in [0.29, 0.717) is 37.5 Å². The summed E-state index contributed by atoms with van der Waals surface area (Å²) in [6, 6.07) is 6.25. The minimum atomic E-state index is -3.03. The molecule has 3 rings (SSSR count). The van der Waals surface area contributed by atoms with Crippen molar-refractivity contribution in [2.75, 3.05) is 0 Å². The van der Waals surface area contributed by atoms with Gasteiger partial charge in [-0.2, -0.15) is 0 Å². The van der Waals surface area contributed by atoms with Gasteiger partial charge >= 0.3 is 0 Å². The molecule has 2 unspecified atom stereocenters. The molecule has 1 aromatic carbocycles. The van der Waals surface area contributed by atoms with E-state index in [9.17, 15) is 13.5 Å². The van der Waals surface area contributed by atoms with Gasteiger partial charge in [-0.1, -0.05) is 45.9 Å². The van der Waals surface area contributed by atoms with Crippen LogP contribution in [0.15, 0.2) is 18.2 Å². The monoisotopic (exact) mass is 336 g/mol. The summed E-state index contributed by atoms with van der Waals surface area (Å²) in [5, 5.41) is 10.8. The summed E-state index contributed by atoms with van der Waals surface area (Å²) in [5.74, 6) is 0.618. The zero-order valence-corrected chi connectivity index (χ0v) is 15.4. The Morgan fingerprint density at radius 2 is 1.43 bits per heavy atom. The Morgan fingerprint density at radius 3 is 1.83 bits per heavy atom. The van der Waals surface area contributed by atoms with Gasteiger partial charge in [0.05, 0.1) is 16.1 Å². The maximum absolute atomic E-state index is 12.4. The number of aliphatic hydroxyl groups is 1. The highest BCUT2D eigenvalue weighted by atomic mass is 32.2. The average molecular weight is 336 g/mol. The van der Waals surface area contributed by atoms with Crippen LogP contribution >= 0.6 is 0 Å². The van der Waals surface area contributed by atoms with Crippen LogP contribution in [0.5, 0.6) is 0 Å².